The van der Waals surface area contributed by atoms with Crippen LogP contribution in [0.4, 0.5) is 4.39 Å². The van der Waals surface area contributed by atoms with E-state index < -0.39 is 5.82 Å². The third-order valence-corrected chi connectivity index (χ3v) is 3.11. The molecule has 1 aromatic heterocycles. The number of halogens is 1. The summed E-state index contributed by atoms with van der Waals surface area (Å²) in [5.41, 5.74) is 1.13. The molecule has 5 heteroatoms. The maximum Gasteiger partial charge on any atom is 0.229 e. The molecule has 1 aliphatic carbocycles. The van der Waals surface area contributed by atoms with E-state index in [9.17, 15) is 4.39 Å². The molecule has 0 saturated heterocycles. The minimum Gasteiger partial charge on any atom is -0.497 e. The number of methoxy groups -OCH3 is 1. The van der Waals surface area contributed by atoms with Crippen LogP contribution in [0.2, 0.25) is 0 Å². The van der Waals surface area contributed by atoms with Crippen LogP contribution in [0.1, 0.15) is 18.5 Å². The maximum atomic E-state index is 13.9. The van der Waals surface area contributed by atoms with Crippen LogP contribution in [0, 0.1) is 5.82 Å². The van der Waals surface area contributed by atoms with Crippen molar-refractivity contribution in [3.05, 3.63) is 36.0 Å². The normalized spacial score (nSPS) is 14.6. The van der Waals surface area contributed by atoms with Gasteiger partial charge < -0.3 is 14.5 Å². The Labute approximate surface area is 110 Å². The fourth-order valence-electron chi connectivity index (χ4n) is 1.84. The highest BCUT2D eigenvalue weighted by Gasteiger charge is 2.21. The zero-order valence-corrected chi connectivity index (χ0v) is 10.6. The quantitative estimate of drug-likeness (QED) is 0.900. The van der Waals surface area contributed by atoms with Crippen molar-refractivity contribution < 1.29 is 13.5 Å². The molecule has 0 atom stereocenters. The first-order chi connectivity index (χ1) is 9.26. The molecule has 19 heavy (non-hydrogen) atoms. The number of nitrogens with one attached hydrogen (secondary N) is 1. The van der Waals surface area contributed by atoms with Crippen molar-refractivity contribution in [1.82, 2.24) is 10.3 Å². The summed E-state index contributed by atoms with van der Waals surface area (Å²) >= 11 is 0. The van der Waals surface area contributed by atoms with Crippen LogP contribution in [0.3, 0.4) is 0 Å². The average molecular weight is 262 g/mol. The van der Waals surface area contributed by atoms with E-state index in [-0.39, 0.29) is 0 Å². The molecule has 4 nitrogen and oxygen atoms in total. The van der Waals surface area contributed by atoms with Crippen molar-refractivity contribution in [2.45, 2.75) is 25.4 Å². The summed E-state index contributed by atoms with van der Waals surface area (Å²) in [4.78, 5) is 4.29. The Morgan fingerprint density at radius 1 is 1.47 bits per heavy atom. The molecule has 1 aliphatic rings. The highest BCUT2D eigenvalue weighted by molar-refractivity contribution is 5.55. The van der Waals surface area contributed by atoms with Crippen LogP contribution in [0.25, 0.3) is 11.5 Å². The number of aromatic nitrogens is 1. The van der Waals surface area contributed by atoms with Crippen molar-refractivity contribution in [2.75, 3.05) is 7.11 Å². The summed E-state index contributed by atoms with van der Waals surface area (Å²) in [6.07, 6.45) is 4.00. The predicted molar refractivity (Wildman–Crippen MR) is 68.3 cm³/mol. The smallest absolute Gasteiger partial charge is 0.229 e. The summed E-state index contributed by atoms with van der Waals surface area (Å²) in [7, 11) is 1.50. The first-order valence-corrected chi connectivity index (χ1v) is 6.28. The first kappa shape index (κ1) is 12.2. The van der Waals surface area contributed by atoms with E-state index in [0.29, 0.717) is 29.8 Å². The van der Waals surface area contributed by atoms with Crippen molar-refractivity contribution in [1.29, 1.82) is 0 Å². The van der Waals surface area contributed by atoms with Crippen molar-refractivity contribution in [3.8, 4) is 17.2 Å². The highest BCUT2D eigenvalue weighted by atomic mass is 19.1. The standard InChI is InChI=1S/C14H15FN2O2/c1-18-11-4-5-12(13(15)6-11)14-17-10(8-19-14)7-16-9-2-3-9/h4-6,8-9,16H,2-3,7H2,1H3. The Morgan fingerprint density at radius 3 is 3.00 bits per heavy atom. The summed E-state index contributed by atoms with van der Waals surface area (Å²) in [6, 6.07) is 5.22. The van der Waals surface area contributed by atoms with Gasteiger partial charge in [0.1, 0.15) is 17.8 Å². The van der Waals surface area contributed by atoms with Gasteiger partial charge in [-0.15, -0.1) is 0 Å². The second-order valence-electron chi connectivity index (χ2n) is 4.64. The lowest BCUT2D eigenvalue weighted by Crippen LogP contribution is -2.15. The van der Waals surface area contributed by atoms with Crippen LogP contribution < -0.4 is 10.1 Å². The largest absolute Gasteiger partial charge is 0.497 e. The minimum atomic E-state index is -0.400. The van der Waals surface area contributed by atoms with Crippen LogP contribution in [0.15, 0.2) is 28.9 Å². The third-order valence-electron chi connectivity index (χ3n) is 3.11. The van der Waals surface area contributed by atoms with E-state index in [1.807, 2.05) is 0 Å². The Bertz CT molecular complexity index is 579. The van der Waals surface area contributed by atoms with E-state index >= 15 is 0 Å². The number of benzene rings is 1. The van der Waals surface area contributed by atoms with Gasteiger partial charge in [0.05, 0.1) is 18.4 Å². The lowest BCUT2D eigenvalue weighted by atomic mass is 10.2. The lowest BCUT2D eigenvalue weighted by molar-refractivity contribution is 0.411. The molecule has 0 aliphatic heterocycles. The molecule has 1 saturated carbocycles. The summed E-state index contributed by atoms with van der Waals surface area (Å²) in [6.45, 7) is 0.659. The molecule has 1 fully saturated rings. The fourth-order valence-corrected chi connectivity index (χ4v) is 1.84. The Hall–Kier alpha value is -1.88. The van der Waals surface area contributed by atoms with Gasteiger partial charge in [0, 0.05) is 18.7 Å². The van der Waals surface area contributed by atoms with Gasteiger partial charge >= 0.3 is 0 Å². The minimum absolute atomic E-state index is 0.299. The van der Waals surface area contributed by atoms with Crippen LogP contribution in [0.5, 0.6) is 5.75 Å². The molecule has 0 spiro atoms. The molecule has 1 heterocycles. The molecule has 1 aromatic carbocycles. The first-order valence-electron chi connectivity index (χ1n) is 6.28. The Balaban J connectivity index is 1.77. The van der Waals surface area contributed by atoms with E-state index in [2.05, 4.69) is 10.3 Å². The zero-order valence-electron chi connectivity index (χ0n) is 10.6. The second-order valence-corrected chi connectivity index (χ2v) is 4.64. The molecular weight excluding hydrogens is 247 g/mol. The van der Waals surface area contributed by atoms with Crippen LogP contribution in [-0.2, 0) is 6.54 Å². The lowest BCUT2D eigenvalue weighted by Gasteiger charge is -2.02. The molecule has 0 amide bonds. The van der Waals surface area contributed by atoms with Crippen molar-refractivity contribution in [2.24, 2.45) is 0 Å². The monoisotopic (exact) mass is 262 g/mol. The molecule has 100 valence electrons. The van der Waals surface area contributed by atoms with Gasteiger partial charge in [-0.3, -0.25) is 0 Å². The summed E-state index contributed by atoms with van der Waals surface area (Å²) in [5.74, 6) is 0.374. The van der Waals surface area contributed by atoms with Gasteiger partial charge in [-0.25, -0.2) is 9.37 Å². The van der Waals surface area contributed by atoms with Crippen molar-refractivity contribution in [3.63, 3.8) is 0 Å². The molecule has 1 N–H and O–H groups in total. The molecule has 0 bridgehead atoms. The summed E-state index contributed by atoms with van der Waals surface area (Å²) < 4.78 is 24.1. The van der Waals surface area contributed by atoms with Gasteiger partial charge in [-0.05, 0) is 25.0 Å². The van der Waals surface area contributed by atoms with Crippen molar-refractivity contribution >= 4 is 0 Å². The summed E-state index contributed by atoms with van der Waals surface area (Å²) in [5, 5.41) is 3.33. The number of ether oxygens (including phenoxy) is 1. The fraction of sp³-hybridized carbons (Fsp3) is 0.357. The maximum absolute atomic E-state index is 13.9. The Morgan fingerprint density at radius 2 is 2.32 bits per heavy atom. The van der Waals surface area contributed by atoms with Gasteiger partial charge in [-0.1, -0.05) is 0 Å². The van der Waals surface area contributed by atoms with E-state index in [0.717, 1.165) is 5.69 Å². The molecule has 0 radical (unpaired) electrons. The van der Waals surface area contributed by atoms with E-state index in [4.69, 9.17) is 9.15 Å². The van der Waals surface area contributed by atoms with Crippen LogP contribution >= 0.6 is 0 Å². The van der Waals surface area contributed by atoms with Gasteiger partial charge in [-0.2, -0.15) is 0 Å². The number of hydrogen-bond acceptors (Lipinski definition) is 4. The zero-order chi connectivity index (χ0) is 13.2. The molecule has 2 aromatic rings. The molecule has 0 unspecified atom stereocenters. The van der Waals surface area contributed by atoms with Gasteiger partial charge in [0.25, 0.3) is 0 Å². The number of rotatable bonds is 5. The topological polar surface area (TPSA) is 47.3 Å². The molecular formula is C14H15FN2O2. The second kappa shape index (κ2) is 5.01. The van der Waals surface area contributed by atoms with E-state index in [1.165, 1.54) is 26.0 Å². The van der Waals surface area contributed by atoms with Gasteiger partial charge in [0.2, 0.25) is 5.89 Å². The predicted octanol–water partition coefficient (Wildman–Crippen LogP) is 2.74. The third kappa shape index (κ3) is 2.76. The highest BCUT2D eigenvalue weighted by Crippen LogP contribution is 2.26. The Kier molecular flexibility index (Phi) is 3.21. The average Bonchev–Trinajstić information content (AvgIpc) is 3.14. The SMILES string of the molecule is COc1ccc(-c2nc(CNC3CC3)co2)c(F)c1. The number of hydrogen-bond donors (Lipinski definition) is 1. The molecule has 3 rings (SSSR count). The van der Waals surface area contributed by atoms with Gasteiger partial charge in [0.15, 0.2) is 0 Å². The number of nitrogens with zero attached hydrogens (tertiary/aromatic N) is 1. The van der Waals surface area contributed by atoms with Crippen LogP contribution in [-0.4, -0.2) is 18.1 Å². The van der Waals surface area contributed by atoms with E-state index in [1.54, 1.807) is 18.4 Å². The number of oxazole rings is 1.